The van der Waals surface area contributed by atoms with Gasteiger partial charge in [-0.2, -0.15) is 0 Å². The summed E-state index contributed by atoms with van der Waals surface area (Å²) in [7, 11) is 0. The Balaban J connectivity index is 2.18. The molecule has 0 aliphatic carbocycles. The van der Waals surface area contributed by atoms with Crippen molar-refractivity contribution >= 4 is 5.97 Å². The van der Waals surface area contributed by atoms with E-state index < -0.39 is 5.97 Å². The van der Waals surface area contributed by atoms with Crippen molar-refractivity contribution in [3.8, 4) is 5.75 Å². The van der Waals surface area contributed by atoms with E-state index in [0.717, 1.165) is 44.3 Å². The highest BCUT2D eigenvalue weighted by atomic mass is 16.5. The number of rotatable bonds is 22. The molecule has 1 aromatic carbocycles. The summed E-state index contributed by atoms with van der Waals surface area (Å²) in [6.45, 7) is 11.4. The van der Waals surface area contributed by atoms with Crippen LogP contribution in [-0.2, 0) is 9.47 Å². The highest BCUT2D eigenvalue weighted by Crippen LogP contribution is 2.16. The molecule has 0 heterocycles. The van der Waals surface area contributed by atoms with E-state index in [4.69, 9.17) is 19.3 Å². The van der Waals surface area contributed by atoms with Crippen LogP contribution in [0.15, 0.2) is 61.1 Å². The summed E-state index contributed by atoms with van der Waals surface area (Å²) in [6.07, 6.45) is 18.3. The predicted octanol–water partition coefficient (Wildman–Crippen LogP) is 7.91. The number of ether oxygens (including phenoxy) is 3. The molecule has 0 saturated carbocycles. The quantitative estimate of drug-likeness (QED) is 0.0781. The summed E-state index contributed by atoms with van der Waals surface area (Å²) < 4.78 is 16.6. The van der Waals surface area contributed by atoms with E-state index in [1.54, 1.807) is 36.4 Å². The minimum Gasteiger partial charge on any atom is -0.494 e. The SMILES string of the molecule is C=C(/C=C\C(=C)OC(=O)c1ccc(OCCCCCCCCCCCO)cc1)OCCCCCC. The summed E-state index contributed by atoms with van der Waals surface area (Å²) in [5.41, 5.74) is 0.442. The minimum absolute atomic E-state index is 0.233. The van der Waals surface area contributed by atoms with Gasteiger partial charge in [0.25, 0.3) is 0 Å². The maximum atomic E-state index is 12.3. The molecule has 0 aliphatic heterocycles. The second-order valence-electron chi connectivity index (χ2n) is 8.84. The number of hydrogen-bond acceptors (Lipinski definition) is 5. The summed E-state index contributed by atoms with van der Waals surface area (Å²) in [4.78, 5) is 12.3. The second-order valence-corrected chi connectivity index (χ2v) is 8.84. The van der Waals surface area contributed by atoms with Crippen LogP contribution in [0, 0.1) is 0 Å². The Kier molecular flexibility index (Phi) is 18.1. The van der Waals surface area contributed by atoms with Crippen LogP contribution in [0.1, 0.15) is 101 Å². The van der Waals surface area contributed by atoms with Crippen LogP contribution in [0.25, 0.3) is 0 Å². The lowest BCUT2D eigenvalue weighted by Crippen LogP contribution is -2.04. The minimum atomic E-state index is -0.464. The Morgan fingerprint density at radius 3 is 1.94 bits per heavy atom. The first kappa shape index (κ1) is 30.5. The van der Waals surface area contributed by atoms with Crippen LogP contribution in [0.2, 0.25) is 0 Å². The van der Waals surface area contributed by atoms with Crippen molar-refractivity contribution in [1.82, 2.24) is 0 Å². The van der Waals surface area contributed by atoms with Gasteiger partial charge in [-0.3, -0.25) is 0 Å². The smallest absolute Gasteiger partial charge is 0.343 e. The molecule has 5 heteroatoms. The maximum Gasteiger partial charge on any atom is 0.343 e. The molecule has 35 heavy (non-hydrogen) atoms. The molecule has 0 saturated heterocycles. The van der Waals surface area contributed by atoms with E-state index in [0.29, 0.717) is 31.1 Å². The molecule has 0 radical (unpaired) electrons. The van der Waals surface area contributed by atoms with E-state index in [1.807, 2.05) is 0 Å². The van der Waals surface area contributed by atoms with E-state index >= 15 is 0 Å². The topological polar surface area (TPSA) is 65.0 Å². The Bertz CT molecular complexity index is 736. The van der Waals surface area contributed by atoms with Gasteiger partial charge in [-0.1, -0.05) is 84.3 Å². The molecular weight excluding hydrogens is 440 g/mol. The molecule has 0 atom stereocenters. The first-order chi connectivity index (χ1) is 17.1. The Morgan fingerprint density at radius 1 is 0.771 bits per heavy atom. The van der Waals surface area contributed by atoms with E-state index in [1.165, 1.54) is 44.9 Å². The normalized spacial score (nSPS) is 10.9. The maximum absolute atomic E-state index is 12.3. The lowest BCUT2D eigenvalue weighted by Gasteiger charge is -2.08. The van der Waals surface area contributed by atoms with Crippen molar-refractivity contribution < 1.29 is 24.1 Å². The summed E-state index contributed by atoms with van der Waals surface area (Å²) in [5.74, 6) is 1.04. The Morgan fingerprint density at radius 2 is 1.31 bits per heavy atom. The number of unbranched alkanes of at least 4 members (excludes halogenated alkanes) is 11. The number of benzene rings is 1. The van der Waals surface area contributed by atoms with Crippen LogP contribution < -0.4 is 4.74 Å². The van der Waals surface area contributed by atoms with Gasteiger partial charge in [0.05, 0.1) is 18.8 Å². The molecule has 0 bridgehead atoms. The molecular formula is C30H46O5. The third-order valence-electron chi connectivity index (χ3n) is 5.63. The van der Waals surface area contributed by atoms with Gasteiger partial charge in [-0.25, -0.2) is 4.79 Å². The van der Waals surface area contributed by atoms with Crippen molar-refractivity contribution in [2.75, 3.05) is 19.8 Å². The molecule has 0 amide bonds. The molecule has 0 spiro atoms. The van der Waals surface area contributed by atoms with Crippen LogP contribution in [0.3, 0.4) is 0 Å². The van der Waals surface area contributed by atoms with Gasteiger partial charge in [-0.15, -0.1) is 0 Å². The fourth-order valence-electron chi connectivity index (χ4n) is 3.51. The van der Waals surface area contributed by atoms with Crippen LogP contribution in [0.5, 0.6) is 5.75 Å². The summed E-state index contributed by atoms with van der Waals surface area (Å²) in [6, 6.07) is 6.97. The molecule has 5 nitrogen and oxygen atoms in total. The largest absolute Gasteiger partial charge is 0.494 e. The number of allylic oxidation sites excluding steroid dienone is 2. The van der Waals surface area contributed by atoms with Gasteiger partial charge in [0.2, 0.25) is 0 Å². The van der Waals surface area contributed by atoms with Crippen LogP contribution in [-0.4, -0.2) is 30.9 Å². The molecule has 0 unspecified atom stereocenters. The second kappa shape index (κ2) is 20.8. The lowest BCUT2D eigenvalue weighted by molar-refractivity contribution is 0.0638. The van der Waals surface area contributed by atoms with E-state index in [2.05, 4.69) is 20.1 Å². The van der Waals surface area contributed by atoms with Crippen LogP contribution >= 0.6 is 0 Å². The summed E-state index contributed by atoms with van der Waals surface area (Å²) >= 11 is 0. The standard InChI is InChI=1S/C30H46O5/c1-4-5-6-15-24-33-26(2)17-18-27(3)35-30(32)28-19-21-29(22-20-28)34-25-16-13-11-9-7-8-10-12-14-23-31/h17-22,31H,2-16,23-25H2,1H3/b18-17-. The van der Waals surface area contributed by atoms with Crippen molar-refractivity contribution in [2.24, 2.45) is 0 Å². The average molecular weight is 487 g/mol. The zero-order chi connectivity index (χ0) is 25.6. The van der Waals surface area contributed by atoms with Gasteiger partial charge in [-0.05, 0) is 55.7 Å². The Labute approximate surface area is 212 Å². The zero-order valence-electron chi connectivity index (χ0n) is 21.8. The number of carbonyl (C=O) groups is 1. The highest BCUT2D eigenvalue weighted by molar-refractivity contribution is 5.90. The molecule has 1 rings (SSSR count). The number of aliphatic hydroxyl groups excluding tert-OH is 1. The predicted molar refractivity (Wildman–Crippen MR) is 144 cm³/mol. The number of carbonyl (C=O) groups excluding carboxylic acids is 1. The monoisotopic (exact) mass is 486 g/mol. The molecule has 0 aromatic heterocycles. The van der Waals surface area contributed by atoms with E-state index in [-0.39, 0.29) is 5.76 Å². The van der Waals surface area contributed by atoms with Gasteiger partial charge in [0.1, 0.15) is 17.3 Å². The summed E-state index contributed by atoms with van der Waals surface area (Å²) in [5, 5.41) is 8.77. The van der Waals surface area contributed by atoms with Crippen molar-refractivity contribution in [2.45, 2.75) is 90.4 Å². The Hall–Kier alpha value is -2.53. The highest BCUT2D eigenvalue weighted by Gasteiger charge is 2.08. The third-order valence-corrected chi connectivity index (χ3v) is 5.63. The first-order valence-corrected chi connectivity index (χ1v) is 13.3. The van der Waals surface area contributed by atoms with Gasteiger partial charge in [0, 0.05) is 6.61 Å². The number of hydrogen-bond donors (Lipinski definition) is 1. The fraction of sp³-hybridized carbons (Fsp3) is 0.567. The fourth-order valence-corrected chi connectivity index (χ4v) is 3.51. The molecule has 0 aliphatic rings. The van der Waals surface area contributed by atoms with E-state index in [9.17, 15) is 4.79 Å². The first-order valence-electron chi connectivity index (χ1n) is 13.3. The number of esters is 1. The van der Waals surface area contributed by atoms with Crippen molar-refractivity contribution in [1.29, 1.82) is 0 Å². The third kappa shape index (κ3) is 16.7. The van der Waals surface area contributed by atoms with Gasteiger partial charge in [0.15, 0.2) is 0 Å². The van der Waals surface area contributed by atoms with Gasteiger partial charge >= 0.3 is 5.97 Å². The molecule has 1 N–H and O–H groups in total. The van der Waals surface area contributed by atoms with Gasteiger partial charge < -0.3 is 19.3 Å². The number of aliphatic hydroxyl groups is 1. The lowest BCUT2D eigenvalue weighted by atomic mass is 10.1. The van der Waals surface area contributed by atoms with Crippen LogP contribution in [0.4, 0.5) is 0 Å². The molecule has 1 aromatic rings. The average Bonchev–Trinajstić information content (AvgIpc) is 2.86. The molecule has 0 fully saturated rings. The van der Waals surface area contributed by atoms with Crippen molar-refractivity contribution in [3.05, 3.63) is 66.7 Å². The molecule has 196 valence electrons. The van der Waals surface area contributed by atoms with Crippen molar-refractivity contribution in [3.63, 3.8) is 0 Å². The zero-order valence-corrected chi connectivity index (χ0v) is 21.8.